The Morgan fingerprint density at radius 3 is 2.65 bits per heavy atom. The maximum atomic E-state index is 8.79. The lowest BCUT2D eigenvalue weighted by Gasteiger charge is -2.06. The van der Waals surface area contributed by atoms with Gasteiger partial charge < -0.3 is 5.32 Å². The minimum absolute atomic E-state index is 0.748. The lowest BCUT2D eigenvalue weighted by molar-refractivity contribution is 0.717. The molecule has 3 heteroatoms. The van der Waals surface area contributed by atoms with Gasteiger partial charge in [0.1, 0.15) is 6.07 Å². The zero-order chi connectivity index (χ0) is 14.2. The number of nitrogens with one attached hydrogen (secondary N) is 1. The lowest BCUT2D eigenvalue weighted by Crippen LogP contribution is -1.97. The molecular weight excluding hydrogens is 264 g/mol. The van der Waals surface area contributed by atoms with E-state index in [1.165, 1.54) is 36.1 Å². The molecule has 1 heterocycles. The van der Waals surface area contributed by atoms with E-state index in [0.29, 0.717) is 0 Å². The van der Waals surface area contributed by atoms with Gasteiger partial charge in [-0.25, -0.2) is 0 Å². The SMILES string of the molecule is CCCCCc1ccc(NCc2cc(C#N)cs2)cc1. The Morgan fingerprint density at radius 2 is 2.00 bits per heavy atom. The van der Waals surface area contributed by atoms with E-state index < -0.39 is 0 Å². The molecule has 0 bridgehead atoms. The molecule has 2 rings (SSSR count). The molecule has 1 N–H and O–H groups in total. The van der Waals surface area contributed by atoms with Gasteiger partial charge in [-0.05, 0) is 36.6 Å². The van der Waals surface area contributed by atoms with Gasteiger partial charge in [0, 0.05) is 22.5 Å². The molecule has 104 valence electrons. The van der Waals surface area contributed by atoms with Gasteiger partial charge >= 0.3 is 0 Å². The van der Waals surface area contributed by atoms with Crippen molar-refractivity contribution in [3.8, 4) is 6.07 Å². The molecule has 1 aromatic carbocycles. The number of nitriles is 1. The summed E-state index contributed by atoms with van der Waals surface area (Å²) in [5.74, 6) is 0. The third-order valence-electron chi connectivity index (χ3n) is 3.27. The highest BCUT2D eigenvalue weighted by atomic mass is 32.1. The summed E-state index contributed by atoms with van der Waals surface area (Å²) in [6.45, 7) is 3.01. The molecule has 20 heavy (non-hydrogen) atoms. The van der Waals surface area contributed by atoms with Gasteiger partial charge in [-0.1, -0.05) is 31.9 Å². The number of hydrogen-bond donors (Lipinski definition) is 1. The molecule has 0 atom stereocenters. The fourth-order valence-electron chi connectivity index (χ4n) is 2.09. The second-order valence-corrected chi connectivity index (χ2v) is 5.92. The fraction of sp³-hybridized carbons (Fsp3) is 0.353. The fourth-order valence-corrected chi connectivity index (χ4v) is 2.84. The molecule has 0 aliphatic rings. The van der Waals surface area contributed by atoms with Crippen LogP contribution in [0.3, 0.4) is 0 Å². The van der Waals surface area contributed by atoms with Crippen LogP contribution in [0.1, 0.15) is 42.2 Å². The number of rotatable bonds is 7. The van der Waals surface area contributed by atoms with Crippen LogP contribution in [0.25, 0.3) is 0 Å². The highest BCUT2D eigenvalue weighted by Crippen LogP contribution is 2.17. The summed E-state index contributed by atoms with van der Waals surface area (Å²) >= 11 is 1.63. The van der Waals surface area contributed by atoms with Crippen LogP contribution in [-0.2, 0) is 13.0 Å². The van der Waals surface area contributed by atoms with Crippen molar-refractivity contribution in [2.75, 3.05) is 5.32 Å². The zero-order valence-corrected chi connectivity index (χ0v) is 12.7. The van der Waals surface area contributed by atoms with Gasteiger partial charge in [0.25, 0.3) is 0 Å². The Bertz CT molecular complexity index is 563. The van der Waals surface area contributed by atoms with E-state index in [-0.39, 0.29) is 0 Å². The third kappa shape index (κ3) is 4.40. The molecule has 0 radical (unpaired) electrons. The van der Waals surface area contributed by atoms with Gasteiger partial charge in [0.2, 0.25) is 0 Å². The number of anilines is 1. The van der Waals surface area contributed by atoms with Crippen molar-refractivity contribution in [3.05, 3.63) is 51.7 Å². The first-order chi connectivity index (χ1) is 9.81. The quantitative estimate of drug-likeness (QED) is 0.729. The van der Waals surface area contributed by atoms with Crippen LogP contribution >= 0.6 is 11.3 Å². The Hall–Kier alpha value is -1.79. The second kappa shape index (κ2) is 7.72. The van der Waals surface area contributed by atoms with E-state index in [1.54, 1.807) is 11.3 Å². The maximum absolute atomic E-state index is 8.79. The molecule has 2 nitrogen and oxygen atoms in total. The smallest absolute Gasteiger partial charge is 0.100 e. The molecule has 0 spiro atoms. The van der Waals surface area contributed by atoms with Crippen LogP contribution < -0.4 is 5.32 Å². The van der Waals surface area contributed by atoms with Crippen LogP contribution in [0.2, 0.25) is 0 Å². The molecular formula is C17H20N2S. The van der Waals surface area contributed by atoms with Crippen LogP contribution in [0, 0.1) is 11.3 Å². The van der Waals surface area contributed by atoms with Crippen molar-refractivity contribution >= 4 is 17.0 Å². The first-order valence-electron chi connectivity index (χ1n) is 7.12. The summed E-state index contributed by atoms with van der Waals surface area (Å²) in [5, 5.41) is 14.1. The van der Waals surface area contributed by atoms with Gasteiger partial charge in [0.15, 0.2) is 0 Å². The van der Waals surface area contributed by atoms with Gasteiger partial charge in [-0.2, -0.15) is 5.26 Å². The van der Waals surface area contributed by atoms with Crippen molar-refractivity contribution in [2.45, 2.75) is 39.2 Å². The topological polar surface area (TPSA) is 35.8 Å². The molecule has 2 aromatic rings. The average molecular weight is 284 g/mol. The number of benzene rings is 1. The molecule has 0 amide bonds. The predicted octanol–water partition coefficient (Wildman–Crippen LogP) is 4.96. The lowest BCUT2D eigenvalue weighted by atomic mass is 10.1. The molecule has 0 unspecified atom stereocenters. The van der Waals surface area contributed by atoms with E-state index in [2.05, 4.69) is 42.6 Å². The van der Waals surface area contributed by atoms with Crippen molar-refractivity contribution in [1.29, 1.82) is 5.26 Å². The first kappa shape index (κ1) is 14.6. The molecule has 0 saturated carbocycles. The van der Waals surface area contributed by atoms with E-state index in [9.17, 15) is 0 Å². The molecule has 0 aliphatic carbocycles. The number of nitrogens with zero attached hydrogens (tertiary/aromatic N) is 1. The number of aryl methyl sites for hydroxylation is 1. The highest BCUT2D eigenvalue weighted by molar-refractivity contribution is 7.10. The van der Waals surface area contributed by atoms with Crippen LogP contribution in [0.5, 0.6) is 0 Å². The molecule has 0 saturated heterocycles. The monoisotopic (exact) mass is 284 g/mol. The Morgan fingerprint density at radius 1 is 1.20 bits per heavy atom. The zero-order valence-electron chi connectivity index (χ0n) is 11.9. The normalized spacial score (nSPS) is 10.2. The van der Waals surface area contributed by atoms with Crippen LogP contribution in [-0.4, -0.2) is 0 Å². The minimum atomic E-state index is 0.748. The summed E-state index contributed by atoms with van der Waals surface area (Å²) in [7, 11) is 0. The number of hydrogen-bond acceptors (Lipinski definition) is 3. The van der Waals surface area contributed by atoms with Crippen molar-refractivity contribution in [1.82, 2.24) is 0 Å². The Labute approximate surface area is 125 Å². The van der Waals surface area contributed by atoms with Crippen molar-refractivity contribution in [2.24, 2.45) is 0 Å². The third-order valence-corrected chi connectivity index (χ3v) is 4.21. The van der Waals surface area contributed by atoms with E-state index in [4.69, 9.17) is 5.26 Å². The van der Waals surface area contributed by atoms with Gasteiger partial charge in [-0.15, -0.1) is 11.3 Å². The molecule has 0 fully saturated rings. The summed E-state index contributed by atoms with van der Waals surface area (Å²) in [6, 6.07) is 12.8. The summed E-state index contributed by atoms with van der Waals surface area (Å²) < 4.78 is 0. The standard InChI is InChI=1S/C17H20N2S/c1-2-3-4-5-14-6-8-16(9-7-14)19-12-17-10-15(11-18)13-20-17/h6-10,13,19H,2-5,12H2,1H3. The minimum Gasteiger partial charge on any atom is -0.380 e. The summed E-state index contributed by atoms with van der Waals surface area (Å²) in [6.07, 6.45) is 5.02. The average Bonchev–Trinajstić information content (AvgIpc) is 2.95. The van der Waals surface area contributed by atoms with Crippen molar-refractivity contribution in [3.63, 3.8) is 0 Å². The number of unbranched alkanes of at least 4 members (excludes halogenated alkanes) is 2. The van der Waals surface area contributed by atoms with E-state index in [1.807, 2.05) is 11.4 Å². The Kier molecular flexibility index (Phi) is 5.64. The molecule has 0 aliphatic heterocycles. The van der Waals surface area contributed by atoms with Gasteiger partial charge in [-0.3, -0.25) is 0 Å². The number of thiophene rings is 1. The summed E-state index contributed by atoms with van der Waals surface area (Å²) in [5.41, 5.74) is 3.29. The summed E-state index contributed by atoms with van der Waals surface area (Å²) in [4.78, 5) is 1.19. The maximum Gasteiger partial charge on any atom is 0.100 e. The predicted molar refractivity (Wildman–Crippen MR) is 86.0 cm³/mol. The molecule has 1 aromatic heterocycles. The van der Waals surface area contributed by atoms with E-state index >= 15 is 0 Å². The Balaban J connectivity index is 1.83. The van der Waals surface area contributed by atoms with Gasteiger partial charge in [0.05, 0.1) is 5.56 Å². The van der Waals surface area contributed by atoms with Crippen LogP contribution in [0.4, 0.5) is 5.69 Å². The van der Waals surface area contributed by atoms with Crippen LogP contribution in [0.15, 0.2) is 35.7 Å². The first-order valence-corrected chi connectivity index (χ1v) is 8.00. The van der Waals surface area contributed by atoms with E-state index in [0.717, 1.165) is 17.8 Å². The largest absolute Gasteiger partial charge is 0.380 e. The van der Waals surface area contributed by atoms with Crippen molar-refractivity contribution < 1.29 is 0 Å². The highest BCUT2D eigenvalue weighted by Gasteiger charge is 1.99. The second-order valence-electron chi connectivity index (χ2n) is 4.92.